The normalized spacial score (nSPS) is 11.5. The van der Waals surface area contributed by atoms with Gasteiger partial charge in [-0.1, -0.05) is 6.07 Å². The standard InChI is InChI=1S/C20H24N2O6/c1-19(2,3)17(23)25-14-8-7-9-15(22-14)28-27-13-10-11-21-16(12-13)26-18(24)20(4,5)6/h7-12H,1-6H3. The van der Waals surface area contributed by atoms with Gasteiger partial charge in [-0.3, -0.25) is 19.4 Å². The number of esters is 2. The SMILES string of the molecule is CC(C)(C)C(=O)Oc1cc(OOc2cccc(OC(=O)C(C)(C)C)n2)ccn1. The van der Waals surface area contributed by atoms with E-state index in [9.17, 15) is 9.59 Å². The molecule has 2 rings (SSSR count). The fourth-order valence-electron chi connectivity index (χ4n) is 1.58. The van der Waals surface area contributed by atoms with Crippen molar-refractivity contribution in [3.63, 3.8) is 0 Å². The Morgan fingerprint density at radius 2 is 1.36 bits per heavy atom. The van der Waals surface area contributed by atoms with Gasteiger partial charge in [-0.15, -0.1) is 0 Å². The second-order valence-corrected chi connectivity index (χ2v) is 8.09. The van der Waals surface area contributed by atoms with Gasteiger partial charge < -0.3 is 9.47 Å². The minimum atomic E-state index is -0.663. The molecular weight excluding hydrogens is 364 g/mol. The summed E-state index contributed by atoms with van der Waals surface area (Å²) in [7, 11) is 0. The zero-order chi connectivity index (χ0) is 20.9. The zero-order valence-corrected chi connectivity index (χ0v) is 16.8. The number of nitrogens with zero attached hydrogens (tertiary/aromatic N) is 2. The molecule has 0 atom stereocenters. The summed E-state index contributed by atoms with van der Waals surface area (Å²) in [4.78, 5) is 42.2. The first kappa shape index (κ1) is 21.1. The Kier molecular flexibility index (Phi) is 6.23. The number of rotatable bonds is 5. The summed E-state index contributed by atoms with van der Waals surface area (Å²) in [6, 6.07) is 7.62. The fraction of sp³-hybridized carbons (Fsp3) is 0.400. The molecule has 0 saturated carbocycles. The molecule has 0 aliphatic heterocycles. The quantitative estimate of drug-likeness (QED) is 0.434. The molecule has 0 fully saturated rings. The van der Waals surface area contributed by atoms with Gasteiger partial charge in [0.15, 0.2) is 5.75 Å². The number of carbonyl (C=O) groups excluding carboxylic acids is 2. The van der Waals surface area contributed by atoms with Crippen LogP contribution in [0, 0.1) is 10.8 Å². The molecule has 0 N–H and O–H groups in total. The lowest BCUT2D eigenvalue weighted by atomic mass is 9.97. The van der Waals surface area contributed by atoms with Crippen LogP contribution in [0.25, 0.3) is 0 Å². The van der Waals surface area contributed by atoms with Crippen LogP contribution in [0.1, 0.15) is 41.5 Å². The molecule has 8 heteroatoms. The van der Waals surface area contributed by atoms with Crippen LogP contribution < -0.4 is 19.2 Å². The molecule has 150 valence electrons. The van der Waals surface area contributed by atoms with Crippen molar-refractivity contribution >= 4 is 11.9 Å². The predicted molar refractivity (Wildman–Crippen MR) is 99.9 cm³/mol. The molecule has 0 radical (unpaired) electrons. The third-order valence-electron chi connectivity index (χ3n) is 3.25. The van der Waals surface area contributed by atoms with Crippen LogP contribution in [0.3, 0.4) is 0 Å². The molecule has 2 heterocycles. The Morgan fingerprint density at radius 1 is 0.786 bits per heavy atom. The smallest absolute Gasteiger partial charge is 0.317 e. The lowest BCUT2D eigenvalue weighted by molar-refractivity contribution is -0.144. The van der Waals surface area contributed by atoms with Gasteiger partial charge in [0.1, 0.15) is 0 Å². The molecule has 0 spiro atoms. The van der Waals surface area contributed by atoms with E-state index >= 15 is 0 Å². The molecule has 0 amide bonds. The van der Waals surface area contributed by atoms with Crippen LogP contribution in [0.15, 0.2) is 36.5 Å². The fourth-order valence-corrected chi connectivity index (χ4v) is 1.58. The van der Waals surface area contributed by atoms with Gasteiger partial charge in [0.2, 0.25) is 11.8 Å². The molecule has 0 saturated heterocycles. The van der Waals surface area contributed by atoms with Crippen LogP contribution in [-0.4, -0.2) is 21.9 Å². The van der Waals surface area contributed by atoms with Crippen molar-refractivity contribution in [3.8, 4) is 23.4 Å². The average Bonchev–Trinajstić information content (AvgIpc) is 2.59. The van der Waals surface area contributed by atoms with E-state index in [0.717, 1.165) is 0 Å². The Morgan fingerprint density at radius 3 is 1.96 bits per heavy atom. The van der Waals surface area contributed by atoms with Crippen LogP contribution in [0.5, 0.6) is 23.4 Å². The van der Waals surface area contributed by atoms with Crippen molar-refractivity contribution in [2.24, 2.45) is 10.8 Å². The Hall–Kier alpha value is -3.16. The van der Waals surface area contributed by atoms with Crippen LogP contribution in [0.2, 0.25) is 0 Å². The third-order valence-corrected chi connectivity index (χ3v) is 3.25. The monoisotopic (exact) mass is 388 g/mol. The first-order valence-electron chi connectivity index (χ1n) is 8.67. The van der Waals surface area contributed by atoms with Crippen molar-refractivity contribution in [3.05, 3.63) is 36.5 Å². The minimum Gasteiger partial charge on any atom is -0.407 e. The maximum atomic E-state index is 11.9. The molecule has 0 bridgehead atoms. The average molecular weight is 388 g/mol. The molecule has 0 aliphatic rings. The molecule has 2 aromatic rings. The van der Waals surface area contributed by atoms with Crippen molar-refractivity contribution in [1.29, 1.82) is 0 Å². The second-order valence-electron chi connectivity index (χ2n) is 8.09. The van der Waals surface area contributed by atoms with Gasteiger partial charge in [-0.25, -0.2) is 4.98 Å². The molecule has 8 nitrogen and oxygen atoms in total. The first-order valence-corrected chi connectivity index (χ1v) is 8.67. The Labute approximate surface area is 163 Å². The Bertz CT molecular complexity index is 781. The van der Waals surface area contributed by atoms with E-state index < -0.39 is 22.8 Å². The van der Waals surface area contributed by atoms with Crippen LogP contribution in [0.4, 0.5) is 0 Å². The summed E-state index contributed by atoms with van der Waals surface area (Å²) in [5.74, 6) is -0.321. The summed E-state index contributed by atoms with van der Waals surface area (Å²) in [5, 5.41) is 0. The number of hydrogen-bond donors (Lipinski definition) is 0. The zero-order valence-electron chi connectivity index (χ0n) is 16.8. The maximum Gasteiger partial charge on any atom is 0.317 e. The number of hydrogen-bond acceptors (Lipinski definition) is 8. The second kappa shape index (κ2) is 8.24. The van der Waals surface area contributed by atoms with E-state index in [1.54, 1.807) is 47.6 Å². The van der Waals surface area contributed by atoms with Crippen molar-refractivity contribution in [2.45, 2.75) is 41.5 Å². The Balaban J connectivity index is 2.01. The third kappa shape index (κ3) is 6.22. The number of carbonyl (C=O) groups is 2. The van der Waals surface area contributed by atoms with E-state index in [1.807, 2.05) is 0 Å². The molecule has 28 heavy (non-hydrogen) atoms. The largest absolute Gasteiger partial charge is 0.407 e. The molecule has 2 aromatic heterocycles. The highest BCUT2D eigenvalue weighted by molar-refractivity contribution is 5.78. The predicted octanol–water partition coefficient (Wildman–Crippen LogP) is 3.75. The van der Waals surface area contributed by atoms with Gasteiger partial charge in [-0.05, 0) is 41.5 Å². The van der Waals surface area contributed by atoms with E-state index in [0.29, 0.717) is 0 Å². The number of aromatic nitrogens is 2. The molecule has 0 unspecified atom stereocenters. The molecular formula is C20H24N2O6. The van der Waals surface area contributed by atoms with Gasteiger partial charge >= 0.3 is 11.9 Å². The molecule has 0 aliphatic carbocycles. The summed E-state index contributed by atoms with van der Waals surface area (Å²) >= 11 is 0. The first-order chi connectivity index (χ1) is 12.9. The van der Waals surface area contributed by atoms with Gasteiger partial charge in [0, 0.05) is 30.5 Å². The van der Waals surface area contributed by atoms with Crippen LogP contribution in [-0.2, 0) is 9.59 Å². The van der Waals surface area contributed by atoms with E-state index in [2.05, 4.69) is 9.97 Å². The lowest BCUT2D eigenvalue weighted by Crippen LogP contribution is -2.26. The van der Waals surface area contributed by atoms with Gasteiger partial charge in [0.05, 0.1) is 10.8 Å². The summed E-state index contributed by atoms with van der Waals surface area (Å²) in [5.41, 5.74) is -1.32. The van der Waals surface area contributed by atoms with E-state index in [1.165, 1.54) is 30.5 Å². The van der Waals surface area contributed by atoms with Crippen molar-refractivity contribution in [1.82, 2.24) is 9.97 Å². The number of ether oxygens (including phenoxy) is 2. The van der Waals surface area contributed by atoms with Crippen molar-refractivity contribution in [2.75, 3.05) is 0 Å². The van der Waals surface area contributed by atoms with E-state index in [-0.39, 0.29) is 23.4 Å². The maximum absolute atomic E-state index is 11.9. The highest BCUT2D eigenvalue weighted by Gasteiger charge is 2.25. The van der Waals surface area contributed by atoms with E-state index in [4.69, 9.17) is 19.2 Å². The van der Waals surface area contributed by atoms with Crippen molar-refractivity contribution < 1.29 is 28.8 Å². The molecule has 0 aromatic carbocycles. The minimum absolute atomic E-state index is 0.0850. The lowest BCUT2D eigenvalue weighted by Gasteiger charge is -2.16. The number of pyridine rings is 2. The summed E-state index contributed by atoms with van der Waals surface area (Å²) in [6.45, 7) is 10.4. The summed E-state index contributed by atoms with van der Waals surface area (Å²) in [6.07, 6.45) is 1.42. The summed E-state index contributed by atoms with van der Waals surface area (Å²) < 4.78 is 10.4. The highest BCUT2D eigenvalue weighted by Crippen LogP contribution is 2.23. The topological polar surface area (TPSA) is 96.8 Å². The highest BCUT2D eigenvalue weighted by atomic mass is 17.2. The van der Waals surface area contributed by atoms with Crippen LogP contribution >= 0.6 is 0 Å². The van der Waals surface area contributed by atoms with Gasteiger partial charge in [-0.2, -0.15) is 4.98 Å². The van der Waals surface area contributed by atoms with Gasteiger partial charge in [0.25, 0.3) is 5.88 Å².